The number of aryl methyl sites for hydroxylation is 1. The summed E-state index contributed by atoms with van der Waals surface area (Å²) < 4.78 is 33.2. The van der Waals surface area contributed by atoms with Gasteiger partial charge in [-0.3, -0.25) is 4.98 Å². The van der Waals surface area contributed by atoms with Crippen LogP contribution in [0.5, 0.6) is 0 Å². The summed E-state index contributed by atoms with van der Waals surface area (Å²) in [4.78, 5) is 5.83. The predicted molar refractivity (Wildman–Crippen MR) is 98.2 cm³/mol. The Bertz CT molecular complexity index is 1090. The number of thiophene rings is 1. The number of pyridine rings is 1. The van der Waals surface area contributed by atoms with Crippen LogP contribution in [0.15, 0.2) is 59.4 Å². The van der Waals surface area contributed by atoms with Crippen LogP contribution in [-0.2, 0) is 0 Å². The van der Waals surface area contributed by atoms with Crippen molar-refractivity contribution in [1.82, 2.24) is 10.1 Å². The largest absolute Gasteiger partial charge is 0.383 e. The summed E-state index contributed by atoms with van der Waals surface area (Å²) in [5.74, 6) is -1.12. The SMILES string of the molecule is Cc1ccc(-c2onc(-c3ccc(F)cc3F)c2C(O)c2cccnc2)s1. The number of rotatable bonds is 4. The second kappa shape index (κ2) is 7.02. The van der Waals surface area contributed by atoms with Crippen LogP contribution >= 0.6 is 11.3 Å². The molecule has 0 amide bonds. The molecule has 0 spiro atoms. The second-order valence-corrected chi connectivity index (χ2v) is 7.29. The molecule has 1 aromatic carbocycles. The molecule has 0 fully saturated rings. The van der Waals surface area contributed by atoms with E-state index in [0.29, 0.717) is 16.9 Å². The minimum atomic E-state index is -1.14. The highest BCUT2D eigenvalue weighted by molar-refractivity contribution is 7.15. The molecule has 0 aliphatic heterocycles. The van der Waals surface area contributed by atoms with Crippen LogP contribution in [0.25, 0.3) is 21.9 Å². The van der Waals surface area contributed by atoms with Gasteiger partial charge in [0.05, 0.1) is 10.4 Å². The highest BCUT2D eigenvalue weighted by atomic mass is 32.1. The van der Waals surface area contributed by atoms with Gasteiger partial charge in [-0.15, -0.1) is 11.3 Å². The third-order valence-electron chi connectivity index (χ3n) is 4.15. The second-order valence-electron chi connectivity index (χ2n) is 6.00. The van der Waals surface area contributed by atoms with Gasteiger partial charge in [-0.2, -0.15) is 0 Å². The average molecular weight is 384 g/mol. The Labute approximate surface area is 157 Å². The minimum absolute atomic E-state index is 0.0534. The average Bonchev–Trinajstić information content (AvgIpc) is 3.28. The van der Waals surface area contributed by atoms with Gasteiger partial charge in [-0.05, 0) is 37.3 Å². The summed E-state index contributed by atoms with van der Waals surface area (Å²) in [7, 11) is 0. The molecular formula is C20H14F2N2O2S. The van der Waals surface area contributed by atoms with Gasteiger partial charge in [0.15, 0.2) is 5.76 Å². The fourth-order valence-electron chi connectivity index (χ4n) is 2.87. The van der Waals surface area contributed by atoms with Crippen molar-refractivity contribution in [2.24, 2.45) is 0 Å². The standard InChI is InChI=1S/C20H14F2N2O2S/c1-11-4-7-16(27-11)20-17(19(25)12-3-2-8-23-10-12)18(24-26-20)14-6-5-13(21)9-15(14)22/h2-10,19,25H,1H3. The first-order valence-electron chi connectivity index (χ1n) is 8.14. The lowest BCUT2D eigenvalue weighted by molar-refractivity contribution is 0.220. The van der Waals surface area contributed by atoms with Crippen molar-refractivity contribution in [3.05, 3.63) is 82.5 Å². The van der Waals surface area contributed by atoms with E-state index in [1.54, 1.807) is 18.3 Å². The third-order valence-corrected chi connectivity index (χ3v) is 5.15. The van der Waals surface area contributed by atoms with Crippen LogP contribution in [0.4, 0.5) is 8.78 Å². The van der Waals surface area contributed by atoms with E-state index in [0.717, 1.165) is 21.9 Å². The molecule has 0 saturated carbocycles. The van der Waals surface area contributed by atoms with E-state index in [1.165, 1.54) is 23.6 Å². The minimum Gasteiger partial charge on any atom is -0.383 e. The molecule has 0 aliphatic carbocycles. The predicted octanol–water partition coefficient (Wildman–Crippen LogP) is 5.13. The maximum atomic E-state index is 14.4. The Morgan fingerprint density at radius 3 is 2.67 bits per heavy atom. The molecule has 0 radical (unpaired) electrons. The van der Waals surface area contributed by atoms with Crippen LogP contribution in [-0.4, -0.2) is 15.2 Å². The maximum absolute atomic E-state index is 14.4. The van der Waals surface area contributed by atoms with Gasteiger partial charge in [-0.1, -0.05) is 11.2 Å². The number of aliphatic hydroxyl groups is 1. The first kappa shape index (κ1) is 17.5. The molecule has 7 heteroatoms. The molecule has 4 rings (SSSR count). The van der Waals surface area contributed by atoms with Crippen molar-refractivity contribution in [2.75, 3.05) is 0 Å². The Hall–Kier alpha value is -2.90. The summed E-state index contributed by atoms with van der Waals surface area (Å²) in [6.07, 6.45) is 1.97. The monoisotopic (exact) mass is 384 g/mol. The Balaban J connectivity index is 1.93. The zero-order valence-corrected chi connectivity index (χ0v) is 15.0. The fourth-order valence-corrected chi connectivity index (χ4v) is 3.72. The number of nitrogens with zero attached hydrogens (tertiary/aromatic N) is 2. The molecule has 4 aromatic rings. The number of aliphatic hydroxyl groups excluding tert-OH is 1. The first-order chi connectivity index (χ1) is 13.0. The van der Waals surface area contributed by atoms with E-state index in [9.17, 15) is 13.9 Å². The van der Waals surface area contributed by atoms with E-state index in [4.69, 9.17) is 4.52 Å². The Morgan fingerprint density at radius 1 is 1.15 bits per heavy atom. The van der Waals surface area contributed by atoms with Gasteiger partial charge < -0.3 is 9.63 Å². The number of halogens is 2. The van der Waals surface area contributed by atoms with Gasteiger partial charge in [0.25, 0.3) is 0 Å². The van der Waals surface area contributed by atoms with E-state index < -0.39 is 17.7 Å². The lowest BCUT2D eigenvalue weighted by Gasteiger charge is -2.12. The maximum Gasteiger partial charge on any atom is 0.183 e. The molecule has 0 bridgehead atoms. The molecule has 0 saturated heterocycles. The highest BCUT2D eigenvalue weighted by Crippen LogP contribution is 2.41. The third kappa shape index (κ3) is 3.27. The smallest absolute Gasteiger partial charge is 0.183 e. The van der Waals surface area contributed by atoms with Crippen molar-refractivity contribution in [3.8, 4) is 21.9 Å². The van der Waals surface area contributed by atoms with Crippen molar-refractivity contribution < 1.29 is 18.4 Å². The van der Waals surface area contributed by atoms with Crippen molar-refractivity contribution >= 4 is 11.3 Å². The van der Waals surface area contributed by atoms with Gasteiger partial charge in [-0.25, -0.2) is 8.78 Å². The van der Waals surface area contributed by atoms with E-state index >= 15 is 0 Å². The van der Waals surface area contributed by atoms with Crippen LogP contribution in [0, 0.1) is 18.6 Å². The molecule has 1 N–H and O–H groups in total. The van der Waals surface area contributed by atoms with Crippen molar-refractivity contribution in [3.63, 3.8) is 0 Å². The topological polar surface area (TPSA) is 59.2 Å². The molecule has 0 aliphatic rings. The highest BCUT2D eigenvalue weighted by Gasteiger charge is 2.28. The lowest BCUT2D eigenvalue weighted by atomic mass is 9.96. The number of aromatic nitrogens is 2. The van der Waals surface area contributed by atoms with Gasteiger partial charge >= 0.3 is 0 Å². The zero-order valence-electron chi connectivity index (χ0n) is 14.2. The van der Waals surface area contributed by atoms with Gasteiger partial charge in [0.1, 0.15) is 23.4 Å². The number of hydrogen-bond donors (Lipinski definition) is 1. The number of benzene rings is 1. The summed E-state index contributed by atoms with van der Waals surface area (Å²) in [6.45, 7) is 1.95. The summed E-state index contributed by atoms with van der Waals surface area (Å²) in [6, 6.07) is 10.4. The summed E-state index contributed by atoms with van der Waals surface area (Å²) >= 11 is 1.47. The normalized spacial score (nSPS) is 12.3. The lowest BCUT2D eigenvalue weighted by Crippen LogP contribution is -2.03. The van der Waals surface area contributed by atoms with Crippen molar-refractivity contribution in [1.29, 1.82) is 0 Å². The number of hydrogen-bond acceptors (Lipinski definition) is 5. The van der Waals surface area contributed by atoms with E-state index in [-0.39, 0.29) is 11.3 Å². The molecule has 3 aromatic heterocycles. The summed E-state index contributed by atoms with van der Waals surface area (Å²) in [5, 5.41) is 15.0. The Morgan fingerprint density at radius 2 is 2.00 bits per heavy atom. The van der Waals surface area contributed by atoms with E-state index in [2.05, 4.69) is 10.1 Å². The van der Waals surface area contributed by atoms with Gasteiger partial charge in [0.2, 0.25) is 0 Å². The van der Waals surface area contributed by atoms with Crippen LogP contribution < -0.4 is 0 Å². The Kier molecular flexibility index (Phi) is 4.55. The molecule has 3 heterocycles. The molecule has 1 atom stereocenters. The molecule has 136 valence electrons. The van der Waals surface area contributed by atoms with Gasteiger partial charge in [0, 0.05) is 34.5 Å². The van der Waals surface area contributed by atoms with E-state index in [1.807, 2.05) is 19.1 Å². The summed E-state index contributed by atoms with van der Waals surface area (Å²) in [5.41, 5.74) is 1.01. The fraction of sp³-hybridized carbons (Fsp3) is 0.100. The molecule has 1 unspecified atom stereocenters. The first-order valence-corrected chi connectivity index (χ1v) is 8.96. The van der Waals surface area contributed by atoms with Crippen LogP contribution in [0.3, 0.4) is 0 Å². The quantitative estimate of drug-likeness (QED) is 0.530. The molecule has 4 nitrogen and oxygen atoms in total. The van der Waals surface area contributed by atoms with Crippen molar-refractivity contribution in [2.45, 2.75) is 13.0 Å². The molecular weight excluding hydrogens is 370 g/mol. The van der Waals surface area contributed by atoms with Crippen LogP contribution in [0.1, 0.15) is 22.1 Å². The molecule has 27 heavy (non-hydrogen) atoms. The van der Waals surface area contributed by atoms with Crippen LogP contribution in [0.2, 0.25) is 0 Å². The zero-order chi connectivity index (χ0) is 19.0.